The summed E-state index contributed by atoms with van der Waals surface area (Å²) in [6.45, 7) is 1.94. The highest BCUT2D eigenvalue weighted by Crippen LogP contribution is 2.34. The van der Waals surface area contributed by atoms with Crippen molar-refractivity contribution >= 4 is 53.2 Å². The van der Waals surface area contributed by atoms with Gasteiger partial charge in [-0.05, 0) is 54.2 Å². The van der Waals surface area contributed by atoms with Gasteiger partial charge >= 0.3 is 0 Å². The van der Waals surface area contributed by atoms with Gasteiger partial charge in [0, 0.05) is 20.7 Å². The smallest absolute Gasteiger partial charge is 0.261 e. The van der Waals surface area contributed by atoms with Gasteiger partial charge in [0.25, 0.3) is 15.0 Å². The monoisotopic (exact) mass is 399 g/mol. The van der Waals surface area contributed by atoms with E-state index in [4.69, 9.17) is 22.3 Å². The molecule has 0 atom stereocenters. The molecule has 1 aliphatic carbocycles. The molecule has 20 heavy (non-hydrogen) atoms. The van der Waals surface area contributed by atoms with Crippen molar-refractivity contribution in [3.05, 3.63) is 27.2 Å². The van der Waals surface area contributed by atoms with Gasteiger partial charge in [0.05, 0.1) is 15.5 Å². The van der Waals surface area contributed by atoms with Crippen molar-refractivity contribution in [3.8, 4) is 0 Å². The third-order valence-corrected chi connectivity index (χ3v) is 5.99. The zero-order chi connectivity index (χ0) is 15.1. The van der Waals surface area contributed by atoms with Crippen LogP contribution in [0, 0.1) is 0 Å². The van der Waals surface area contributed by atoms with Crippen LogP contribution in [-0.4, -0.2) is 19.9 Å². The Morgan fingerprint density at radius 1 is 1.40 bits per heavy atom. The van der Waals surface area contributed by atoms with E-state index in [1.54, 1.807) is 0 Å². The number of hydrogen-bond donors (Lipinski definition) is 1. The molecule has 0 bridgehead atoms. The lowest BCUT2D eigenvalue weighted by atomic mass is 9.78. The Balaban J connectivity index is 2.40. The molecule has 0 aliphatic heterocycles. The minimum atomic E-state index is -3.93. The topological polar surface area (TPSA) is 63.2 Å². The van der Waals surface area contributed by atoms with E-state index in [1.165, 1.54) is 12.1 Å². The fourth-order valence-corrected chi connectivity index (χ4v) is 3.63. The van der Waals surface area contributed by atoms with E-state index in [2.05, 4.69) is 21.2 Å². The summed E-state index contributed by atoms with van der Waals surface area (Å²) in [5.41, 5.74) is -0.156. The summed E-state index contributed by atoms with van der Waals surface area (Å²) in [6.07, 6.45) is 2.85. The fraction of sp³-hybridized carbons (Fsp3) is 0.417. The lowest BCUT2D eigenvalue weighted by molar-refractivity contribution is 0.0850. The van der Waals surface area contributed by atoms with Gasteiger partial charge in [0.15, 0.2) is 0 Å². The van der Waals surface area contributed by atoms with E-state index in [9.17, 15) is 13.2 Å². The van der Waals surface area contributed by atoms with Crippen LogP contribution in [0.3, 0.4) is 0 Å². The van der Waals surface area contributed by atoms with Gasteiger partial charge in [0.2, 0.25) is 0 Å². The van der Waals surface area contributed by atoms with E-state index in [1.807, 2.05) is 6.92 Å². The molecule has 0 aromatic heterocycles. The molecule has 0 saturated heterocycles. The lowest BCUT2D eigenvalue weighted by Crippen LogP contribution is -2.51. The van der Waals surface area contributed by atoms with Crippen molar-refractivity contribution in [1.82, 2.24) is 5.32 Å². The summed E-state index contributed by atoms with van der Waals surface area (Å²) >= 11 is 9.19. The van der Waals surface area contributed by atoms with Crippen LogP contribution in [0.2, 0.25) is 5.02 Å². The number of rotatable bonds is 3. The first-order chi connectivity index (χ1) is 9.12. The van der Waals surface area contributed by atoms with Crippen LogP contribution < -0.4 is 5.32 Å². The zero-order valence-electron chi connectivity index (χ0n) is 10.5. The van der Waals surface area contributed by atoms with Crippen LogP contribution in [0.1, 0.15) is 36.5 Å². The van der Waals surface area contributed by atoms with Crippen molar-refractivity contribution in [2.75, 3.05) is 0 Å². The van der Waals surface area contributed by atoms with Gasteiger partial charge in [-0.15, -0.1) is 0 Å². The van der Waals surface area contributed by atoms with Gasteiger partial charge in [-0.1, -0.05) is 11.6 Å². The second kappa shape index (κ2) is 5.48. The Hall–Kier alpha value is -0.300. The number of halogens is 3. The molecule has 1 aromatic rings. The van der Waals surface area contributed by atoms with Crippen LogP contribution in [0.25, 0.3) is 0 Å². The Kier molecular flexibility index (Phi) is 4.40. The first kappa shape index (κ1) is 16.1. The first-order valence-corrected chi connectivity index (χ1v) is 9.37. The quantitative estimate of drug-likeness (QED) is 0.786. The molecule has 1 N–H and O–H groups in total. The molecule has 0 radical (unpaired) electrons. The normalized spacial score (nSPS) is 17.4. The summed E-state index contributed by atoms with van der Waals surface area (Å²) < 4.78 is 23.1. The van der Waals surface area contributed by atoms with E-state index in [0.29, 0.717) is 4.47 Å². The number of benzene rings is 1. The third-order valence-electron chi connectivity index (χ3n) is 3.40. The van der Waals surface area contributed by atoms with Crippen molar-refractivity contribution < 1.29 is 13.2 Å². The van der Waals surface area contributed by atoms with Gasteiger partial charge in [-0.3, -0.25) is 4.79 Å². The van der Waals surface area contributed by atoms with Crippen LogP contribution in [-0.2, 0) is 9.05 Å². The molecule has 4 nitrogen and oxygen atoms in total. The van der Waals surface area contributed by atoms with Crippen molar-refractivity contribution in [2.45, 2.75) is 36.6 Å². The maximum atomic E-state index is 12.3. The molecule has 1 aromatic carbocycles. The maximum Gasteiger partial charge on any atom is 0.261 e. The summed E-state index contributed by atoms with van der Waals surface area (Å²) in [6, 6.07) is 2.46. The number of amides is 1. The van der Waals surface area contributed by atoms with E-state index in [-0.39, 0.29) is 21.0 Å². The van der Waals surface area contributed by atoms with Gasteiger partial charge in [-0.25, -0.2) is 8.42 Å². The van der Waals surface area contributed by atoms with Crippen LogP contribution in [0.15, 0.2) is 21.5 Å². The summed E-state index contributed by atoms with van der Waals surface area (Å²) in [5, 5.41) is 3.04. The lowest BCUT2D eigenvalue weighted by Gasteiger charge is -2.39. The molecule has 1 aliphatic rings. The summed E-state index contributed by atoms with van der Waals surface area (Å²) in [4.78, 5) is 12.1. The highest BCUT2D eigenvalue weighted by molar-refractivity contribution is 9.10. The second-order valence-electron chi connectivity index (χ2n) is 5.07. The largest absolute Gasteiger partial charge is 0.347 e. The van der Waals surface area contributed by atoms with Gasteiger partial charge in [0.1, 0.15) is 0 Å². The molecule has 2 rings (SSSR count). The van der Waals surface area contributed by atoms with E-state index in [0.717, 1.165) is 19.3 Å². The number of hydrogen-bond acceptors (Lipinski definition) is 3. The van der Waals surface area contributed by atoms with E-state index < -0.39 is 15.0 Å². The average Bonchev–Trinajstić information content (AvgIpc) is 2.28. The Labute approximate surface area is 135 Å². The summed E-state index contributed by atoms with van der Waals surface area (Å²) in [5.74, 6) is -0.403. The van der Waals surface area contributed by atoms with Crippen molar-refractivity contribution in [2.24, 2.45) is 0 Å². The molecule has 8 heteroatoms. The van der Waals surface area contributed by atoms with Crippen molar-refractivity contribution in [1.29, 1.82) is 0 Å². The average molecular weight is 401 g/mol. The maximum absolute atomic E-state index is 12.3. The molecule has 0 spiro atoms. The van der Waals surface area contributed by atoms with Gasteiger partial charge < -0.3 is 5.32 Å². The molecular weight excluding hydrogens is 389 g/mol. The standard InChI is InChI=1S/C12H12BrCl2NO3S/c1-12(3-2-4-12)16-11(17)8-5-7(20(15,18)19)6-9(13)10(8)14/h5-6H,2-4H2,1H3,(H,16,17). The Morgan fingerprint density at radius 3 is 2.45 bits per heavy atom. The highest BCUT2D eigenvalue weighted by Gasteiger charge is 2.34. The number of nitrogens with one attached hydrogen (secondary N) is 1. The van der Waals surface area contributed by atoms with Crippen LogP contribution >= 0.6 is 38.2 Å². The van der Waals surface area contributed by atoms with Crippen molar-refractivity contribution in [3.63, 3.8) is 0 Å². The molecule has 1 amide bonds. The predicted octanol–water partition coefficient (Wildman–Crippen LogP) is 3.70. The highest BCUT2D eigenvalue weighted by atomic mass is 79.9. The van der Waals surface area contributed by atoms with Crippen LogP contribution in [0.5, 0.6) is 0 Å². The second-order valence-corrected chi connectivity index (χ2v) is 8.87. The predicted molar refractivity (Wildman–Crippen MR) is 81.9 cm³/mol. The molecule has 110 valence electrons. The minimum absolute atomic E-state index is 0.0911. The Morgan fingerprint density at radius 2 is 2.00 bits per heavy atom. The minimum Gasteiger partial charge on any atom is -0.347 e. The number of carbonyl (C=O) groups excluding carboxylic acids is 1. The number of carbonyl (C=O) groups is 1. The molecule has 1 fully saturated rings. The molecule has 0 unspecified atom stereocenters. The van der Waals surface area contributed by atoms with Gasteiger partial charge in [-0.2, -0.15) is 0 Å². The first-order valence-electron chi connectivity index (χ1n) is 5.89. The molecule has 0 heterocycles. The van der Waals surface area contributed by atoms with E-state index >= 15 is 0 Å². The SMILES string of the molecule is CC1(NC(=O)c2cc(S(=O)(=O)Cl)cc(Br)c2Cl)CCC1. The third kappa shape index (κ3) is 3.30. The fourth-order valence-electron chi connectivity index (χ4n) is 2.04. The zero-order valence-corrected chi connectivity index (χ0v) is 14.5. The Bertz CT molecular complexity index is 672. The molecular formula is C12H12BrCl2NO3S. The molecule has 1 saturated carbocycles. The van der Waals surface area contributed by atoms with Crippen LogP contribution in [0.4, 0.5) is 0 Å². The summed E-state index contributed by atoms with van der Waals surface area (Å²) in [7, 11) is 1.38.